The predicted molar refractivity (Wildman–Crippen MR) is 99.1 cm³/mol. The van der Waals surface area contributed by atoms with Crippen LogP contribution >= 0.6 is 0 Å². The summed E-state index contributed by atoms with van der Waals surface area (Å²) in [5, 5.41) is 15.8. The van der Waals surface area contributed by atoms with E-state index in [9.17, 15) is 4.79 Å². The molecule has 1 N–H and O–H groups in total. The van der Waals surface area contributed by atoms with Crippen LogP contribution in [-0.2, 0) is 13.6 Å². The van der Waals surface area contributed by atoms with Gasteiger partial charge in [0.15, 0.2) is 5.82 Å². The van der Waals surface area contributed by atoms with Crippen molar-refractivity contribution in [2.75, 3.05) is 18.4 Å². The number of para-hydroxylation sites is 1. The first kappa shape index (κ1) is 17.2. The number of carbonyl (C=O) groups is 1. The van der Waals surface area contributed by atoms with E-state index in [0.717, 1.165) is 30.2 Å². The monoisotopic (exact) mass is 366 g/mol. The molecule has 0 radical (unpaired) electrons. The van der Waals surface area contributed by atoms with Crippen molar-refractivity contribution in [3.8, 4) is 0 Å². The first-order valence-corrected chi connectivity index (χ1v) is 9.02. The van der Waals surface area contributed by atoms with E-state index in [1.807, 2.05) is 46.8 Å². The van der Waals surface area contributed by atoms with E-state index in [0.29, 0.717) is 25.6 Å². The minimum atomic E-state index is -0.0514. The van der Waals surface area contributed by atoms with Crippen molar-refractivity contribution in [2.24, 2.45) is 7.05 Å². The molecule has 0 saturated carbocycles. The lowest BCUT2D eigenvalue weighted by Gasteiger charge is -2.31. The van der Waals surface area contributed by atoms with Crippen LogP contribution in [0.1, 0.15) is 30.4 Å². The number of nitrogens with zero attached hydrogens (tertiary/aromatic N) is 7. The molecule has 0 spiro atoms. The van der Waals surface area contributed by atoms with Crippen molar-refractivity contribution in [1.82, 2.24) is 34.4 Å². The first-order chi connectivity index (χ1) is 13.2. The molecule has 3 heterocycles. The zero-order valence-electron chi connectivity index (χ0n) is 15.2. The third kappa shape index (κ3) is 3.81. The lowest BCUT2D eigenvalue weighted by molar-refractivity contribution is 0.193. The normalized spacial score (nSPS) is 15.1. The van der Waals surface area contributed by atoms with Crippen LogP contribution in [0.5, 0.6) is 0 Å². The molecule has 1 aliphatic heterocycles. The molecule has 0 aliphatic carbocycles. The molecule has 1 aromatic carbocycles. The molecule has 1 saturated heterocycles. The fraction of sp³-hybridized carbons (Fsp3) is 0.389. The lowest BCUT2D eigenvalue weighted by atomic mass is 9.96. The van der Waals surface area contributed by atoms with Gasteiger partial charge in [-0.2, -0.15) is 5.10 Å². The summed E-state index contributed by atoms with van der Waals surface area (Å²) >= 11 is 0. The van der Waals surface area contributed by atoms with Gasteiger partial charge in [-0.1, -0.05) is 18.2 Å². The summed E-state index contributed by atoms with van der Waals surface area (Å²) in [6.45, 7) is 1.95. The Bertz CT molecular complexity index is 881. The summed E-state index contributed by atoms with van der Waals surface area (Å²) in [7, 11) is 1.98. The number of amides is 2. The predicted octanol–water partition coefficient (Wildman–Crippen LogP) is 1.87. The Hall–Kier alpha value is -3.23. The first-order valence-electron chi connectivity index (χ1n) is 9.02. The second-order valence-corrected chi connectivity index (χ2v) is 6.68. The molecule has 140 valence electrons. The van der Waals surface area contributed by atoms with E-state index in [1.165, 1.54) is 6.33 Å². The Balaban J connectivity index is 1.35. The van der Waals surface area contributed by atoms with Crippen molar-refractivity contribution in [3.63, 3.8) is 0 Å². The van der Waals surface area contributed by atoms with E-state index in [2.05, 4.69) is 25.6 Å². The van der Waals surface area contributed by atoms with Gasteiger partial charge in [0.25, 0.3) is 0 Å². The highest BCUT2D eigenvalue weighted by atomic mass is 16.2. The van der Waals surface area contributed by atoms with Gasteiger partial charge in [-0.25, -0.2) is 14.5 Å². The summed E-state index contributed by atoms with van der Waals surface area (Å²) in [5.74, 6) is 2.11. The number of hydrogen-bond donors (Lipinski definition) is 1. The molecule has 1 fully saturated rings. The van der Waals surface area contributed by atoms with Gasteiger partial charge >= 0.3 is 6.03 Å². The number of nitrogens with one attached hydrogen (secondary N) is 1. The van der Waals surface area contributed by atoms with Crippen molar-refractivity contribution in [2.45, 2.75) is 25.3 Å². The van der Waals surface area contributed by atoms with Crippen molar-refractivity contribution < 1.29 is 4.79 Å². The third-order valence-electron chi connectivity index (χ3n) is 4.94. The van der Waals surface area contributed by atoms with Crippen molar-refractivity contribution in [3.05, 3.63) is 54.6 Å². The zero-order valence-corrected chi connectivity index (χ0v) is 15.2. The highest BCUT2D eigenvalue weighted by molar-refractivity contribution is 5.89. The number of hydrogen-bond acceptors (Lipinski definition) is 5. The van der Waals surface area contributed by atoms with E-state index in [1.54, 1.807) is 11.0 Å². The minimum Gasteiger partial charge on any atom is -0.324 e. The molecule has 0 unspecified atom stereocenters. The average molecular weight is 366 g/mol. The number of anilines is 1. The SMILES string of the molecule is Cn1c(Cn2cncn2)nnc1C1CCN(C(=O)Nc2ccccc2)CC1. The molecule has 3 aromatic rings. The second-order valence-electron chi connectivity index (χ2n) is 6.68. The van der Waals surface area contributed by atoms with Gasteiger partial charge in [-0.05, 0) is 25.0 Å². The van der Waals surface area contributed by atoms with Crippen LogP contribution in [0.3, 0.4) is 0 Å². The quantitative estimate of drug-likeness (QED) is 0.761. The van der Waals surface area contributed by atoms with Crippen LogP contribution in [0.4, 0.5) is 10.5 Å². The van der Waals surface area contributed by atoms with Gasteiger partial charge in [0.05, 0.1) is 0 Å². The van der Waals surface area contributed by atoms with Gasteiger partial charge in [0.1, 0.15) is 25.0 Å². The van der Waals surface area contributed by atoms with Crippen molar-refractivity contribution in [1.29, 1.82) is 0 Å². The number of aromatic nitrogens is 6. The summed E-state index contributed by atoms with van der Waals surface area (Å²) in [4.78, 5) is 18.2. The van der Waals surface area contributed by atoms with Gasteiger partial charge in [-0.3, -0.25) is 0 Å². The standard InChI is InChI=1S/C18H22N8O/c1-24-16(11-26-13-19-12-20-26)22-23-17(24)14-7-9-25(10-8-14)18(27)21-15-5-3-2-4-6-15/h2-6,12-14H,7-11H2,1H3,(H,21,27). The Kier molecular flexibility index (Phi) is 4.82. The molecular formula is C18H22N8O. The average Bonchev–Trinajstić information content (AvgIpc) is 3.34. The molecule has 1 aliphatic rings. The van der Waals surface area contributed by atoms with Crippen LogP contribution in [0.2, 0.25) is 0 Å². The number of piperidine rings is 1. The fourth-order valence-electron chi connectivity index (χ4n) is 3.39. The third-order valence-corrected chi connectivity index (χ3v) is 4.94. The Morgan fingerprint density at radius 2 is 1.96 bits per heavy atom. The highest BCUT2D eigenvalue weighted by Gasteiger charge is 2.27. The zero-order chi connectivity index (χ0) is 18.6. The maximum Gasteiger partial charge on any atom is 0.321 e. The Morgan fingerprint density at radius 1 is 1.19 bits per heavy atom. The van der Waals surface area contributed by atoms with Crippen LogP contribution in [0.25, 0.3) is 0 Å². The van der Waals surface area contributed by atoms with Crippen LogP contribution < -0.4 is 5.32 Å². The second kappa shape index (κ2) is 7.56. The minimum absolute atomic E-state index is 0.0514. The Labute approximate surface area is 157 Å². The van der Waals surface area contributed by atoms with Gasteiger partial charge < -0.3 is 14.8 Å². The van der Waals surface area contributed by atoms with Gasteiger partial charge in [0, 0.05) is 31.7 Å². The van der Waals surface area contributed by atoms with Gasteiger partial charge in [-0.15, -0.1) is 10.2 Å². The topological polar surface area (TPSA) is 93.8 Å². The molecule has 0 atom stereocenters. The van der Waals surface area contributed by atoms with E-state index in [-0.39, 0.29) is 6.03 Å². The van der Waals surface area contributed by atoms with Crippen LogP contribution in [-0.4, -0.2) is 53.5 Å². The maximum absolute atomic E-state index is 12.4. The molecule has 0 bridgehead atoms. The van der Waals surface area contributed by atoms with Crippen LogP contribution in [0, 0.1) is 0 Å². The summed E-state index contributed by atoms with van der Waals surface area (Å²) in [6, 6.07) is 9.48. The largest absolute Gasteiger partial charge is 0.324 e. The molecule has 2 amide bonds. The smallest absolute Gasteiger partial charge is 0.321 e. The highest BCUT2D eigenvalue weighted by Crippen LogP contribution is 2.27. The molecule has 9 heteroatoms. The molecule has 27 heavy (non-hydrogen) atoms. The number of rotatable bonds is 4. The van der Waals surface area contributed by atoms with Crippen molar-refractivity contribution >= 4 is 11.7 Å². The van der Waals surface area contributed by atoms with E-state index in [4.69, 9.17) is 0 Å². The number of urea groups is 1. The van der Waals surface area contributed by atoms with Crippen LogP contribution in [0.15, 0.2) is 43.0 Å². The number of benzene rings is 1. The molecule has 2 aromatic heterocycles. The fourth-order valence-corrected chi connectivity index (χ4v) is 3.39. The number of carbonyl (C=O) groups excluding carboxylic acids is 1. The summed E-state index contributed by atoms with van der Waals surface area (Å²) in [5.41, 5.74) is 0.815. The molecule has 9 nitrogen and oxygen atoms in total. The summed E-state index contributed by atoms with van der Waals surface area (Å²) < 4.78 is 3.76. The Morgan fingerprint density at radius 3 is 2.67 bits per heavy atom. The van der Waals surface area contributed by atoms with E-state index >= 15 is 0 Å². The summed E-state index contributed by atoms with van der Waals surface area (Å²) in [6.07, 6.45) is 4.92. The number of likely N-dealkylation sites (tertiary alicyclic amines) is 1. The maximum atomic E-state index is 12.4. The molecule has 4 rings (SSSR count). The molecular weight excluding hydrogens is 344 g/mol. The van der Waals surface area contributed by atoms with E-state index < -0.39 is 0 Å². The van der Waals surface area contributed by atoms with Gasteiger partial charge in [0.2, 0.25) is 0 Å². The lowest BCUT2D eigenvalue weighted by Crippen LogP contribution is -2.40.